The van der Waals surface area contributed by atoms with Crippen LogP contribution < -0.4 is 4.74 Å². The predicted molar refractivity (Wildman–Crippen MR) is 96.7 cm³/mol. The summed E-state index contributed by atoms with van der Waals surface area (Å²) < 4.78 is 10.6. The van der Waals surface area contributed by atoms with Crippen molar-refractivity contribution < 1.29 is 19.4 Å². The third kappa shape index (κ3) is 2.74. The topological polar surface area (TPSA) is 59.0 Å². The highest BCUT2D eigenvalue weighted by atomic mass is 16.5. The van der Waals surface area contributed by atoms with Crippen LogP contribution >= 0.6 is 0 Å². The van der Waals surface area contributed by atoms with Crippen LogP contribution in [0.25, 0.3) is 6.08 Å². The minimum atomic E-state index is -0.633. The molecule has 1 N–H and O–H groups in total. The van der Waals surface area contributed by atoms with E-state index in [9.17, 15) is 9.90 Å². The fraction of sp³-hybridized carbons (Fsp3) is 0.350. The number of phenolic OH excluding ortho intramolecular Hbond substituents is 1. The molecule has 5 heteroatoms. The molecule has 0 radical (unpaired) electrons. The fourth-order valence-electron chi connectivity index (χ4n) is 3.57. The summed E-state index contributed by atoms with van der Waals surface area (Å²) in [5.41, 5.74) is 1.89. The summed E-state index contributed by atoms with van der Waals surface area (Å²) in [6.07, 6.45) is 8.02. The molecule has 0 saturated carbocycles. The summed E-state index contributed by atoms with van der Waals surface area (Å²) in [5, 5.41) is 10.9. The van der Waals surface area contributed by atoms with Crippen LogP contribution in [0, 0.1) is 0 Å². The summed E-state index contributed by atoms with van der Waals surface area (Å²) in [5.74, 6) is 0.663. The van der Waals surface area contributed by atoms with Crippen molar-refractivity contribution in [2.75, 3.05) is 34.9 Å². The van der Waals surface area contributed by atoms with E-state index in [0.717, 1.165) is 23.2 Å². The second kappa shape index (κ2) is 6.41. The molecule has 5 nitrogen and oxygen atoms in total. The zero-order valence-electron chi connectivity index (χ0n) is 15.0. The van der Waals surface area contributed by atoms with E-state index in [-0.39, 0.29) is 11.5 Å². The molecule has 0 aliphatic heterocycles. The van der Waals surface area contributed by atoms with Crippen LogP contribution in [-0.4, -0.2) is 50.6 Å². The average Bonchev–Trinajstić information content (AvgIpc) is 2.59. The van der Waals surface area contributed by atoms with Crippen molar-refractivity contribution in [3.05, 3.63) is 52.8 Å². The average molecular weight is 341 g/mol. The Morgan fingerprint density at radius 1 is 1.16 bits per heavy atom. The number of ether oxygens (including phenoxy) is 2. The Kier molecular flexibility index (Phi) is 4.43. The van der Waals surface area contributed by atoms with Crippen molar-refractivity contribution in [1.29, 1.82) is 0 Å². The zero-order valence-corrected chi connectivity index (χ0v) is 15.0. The van der Waals surface area contributed by atoms with Crippen LogP contribution in [0.2, 0.25) is 0 Å². The molecule has 0 unspecified atom stereocenters. The Morgan fingerprint density at radius 3 is 2.56 bits per heavy atom. The van der Waals surface area contributed by atoms with Crippen LogP contribution in [0.15, 0.2) is 41.7 Å². The lowest BCUT2D eigenvalue weighted by Crippen LogP contribution is -2.36. The molecule has 1 atom stereocenters. The number of rotatable bonds is 5. The van der Waals surface area contributed by atoms with Gasteiger partial charge in [-0.2, -0.15) is 0 Å². The molecule has 0 amide bonds. The lowest BCUT2D eigenvalue weighted by Gasteiger charge is -2.40. The van der Waals surface area contributed by atoms with E-state index in [4.69, 9.17) is 9.47 Å². The zero-order chi connectivity index (χ0) is 18.2. The van der Waals surface area contributed by atoms with Gasteiger partial charge in [0.25, 0.3) is 0 Å². The van der Waals surface area contributed by atoms with E-state index < -0.39 is 5.41 Å². The van der Waals surface area contributed by atoms with Gasteiger partial charge >= 0.3 is 0 Å². The van der Waals surface area contributed by atoms with Gasteiger partial charge in [-0.1, -0.05) is 18.2 Å². The number of carbonyl (C=O) groups is 1. The van der Waals surface area contributed by atoms with E-state index in [1.54, 1.807) is 12.1 Å². The quantitative estimate of drug-likeness (QED) is 0.892. The molecule has 0 bridgehead atoms. The molecule has 0 aromatic heterocycles. The van der Waals surface area contributed by atoms with Crippen LogP contribution in [0.3, 0.4) is 0 Å². The number of fused-ring (bicyclic) bond motifs is 3. The highest BCUT2D eigenvalue weighted by Crippen LogP contribution is 2.51. The first-order valence-electron chi connectivity index (χ1n) is 8.19. The van der Waals surface area contributed by atoms with Gasteiger partial charge in [-0.25, -0.2) is 0 Å². The number of phenols is 1. The number of hydrogen-bond acceptors (Lipinski definition) is 5. The van der Waals surface area contributed by atoms with Gasteiger partial charge in [-0.15, -0.1) is 0 Å². The lowest BCUT2D eigenvalue weighted by molar-refractivity contribution is -0.114. The van der Waals surface area contributed by atoms with E-state index in [1.807, 2.05) is 38.4 Å². The third-order valence-electron chi connectivity index (χ3n) is 4.88. The van der Waals surface area contributed by atoms with Gasteiger partial charge in [0.15, 0.2) is 17.3 Å². The second-order valence-electron chi connectivity index (χ2n) is 6.62. The maximum absolute atomic E-state index is 12.3. The maximum Gasteiger partial charge on any atom is 0.220 e. The number of methoxy groups -OCH3 is 2. The van der Waals surface area contributed by atoms with Gasteiger partial charge in [0, 0.05) is 11.0 Å². The van der Waals surface area contributed by atoms with Gasteiger partial charge in [0.1, 0.15) is 0 Å². The van der Waals surface area contributed by atoms with Crippen molar-refractivity contribution >= 4 is 11.9 Å². The van der Waals surface area contributed by atoms with E-state index in [0.29, 0.717) is 17.9 Å². The molecule has 2 aliphatic rings. The first-order chi connectivity index (χ1) is 11.9. The van der Waals surface area contributed by atoms with Crippen molar-refractivity contribution in [2.45, 2.75) is 11.8 Å². The highest BCUT2D eigenvalue weighted by molar-refractivity contribution is 6.05. The maximum atomic E-state index is 12.3. The summed E-state index contributed by atoms with van der Waals surface area (Å²) in [4.78, 5) is 14.4. The van der Waals surface area contributed by atoms with Gasteiger partial charge in [-0.05, 0) is 56.4 Å². The Balaban J connectivity index is 2.28. The summed E-state index contributed by atoms with van der Waals surface area (Å²) >= 11 is 0. The van der Waals surface area contributed by atoms with Gasteiger partial charge in [0.05, 0.1) is 14.2 Å². The number of nitrogens with zero attached hydrogens (tertiary/aromatic N) is 1. The normalized spacial score (nSPS) is 21.4. The fourth-order valence-corrected chi connectivity index (χ4v) is 3.57. The molecule has 0 saturated heterocycles. The smallest absolute Gasteiger partial charge is 0.220 e. The molecule has 1 aromatic rings. The van der Waals surface area contributed by atoms with Gasteiger partial charge in [0.2, 0.25) is 5.78 Å². The first kappa shape index (κ1) is 17.3. The monoisotopic (exact) mass is 341 g/mol. The Bertz CT molecular complexity index is 804. The first-order valence-corrected chi connectivity index (χ1v) is 8.19. The van der Waals surface area contributed by atoms with Gasteiger partial charge in [-0.3, -0.25) is 4.79 Å². The summed E-state index contributed by atoms with van der Waals surface area (Å²) in [7, 11) is 7.03. The highest BCUT2D eigenvalue weighted by Gasteiger charge is 2.43. The Hall–Kier alpha value is -2.53. The molecule has 1 aromatic carbocycles. The standard InChI is InChI=1S/C20H23NO4/c1-21(2)10-9-20-12-17(25-4)15(22)11-14(20)7-5-13-6-8-16(24-3)19(23)18(13)20/h5-8,11-12,23H,9-10H2,1-4H3/t20-/m0/s1. The van der Waals surface area contributed by atoms with Crippen molar-refractivity contribution in [2.24, 2.45) is 0 Å². The SMILES string of the molecule is COC1=C[C@@]2(CCN(C)C)C(=CC1=O)C=Cc1ccc(OC)c(O)c12. The van der Waals surface area contributed by atoms with Crippen molar-refractivity contribution in [1.82, 2.24) is 4.90 Å². The molecule has 2 aliphatic carbocycles. The van der Waals surface area contributed by atoms with Crippen molar-refractivity contribution in [3.8, 4) is 11.5 Å². The molecule has 132 valence electrons. The molecule has 0 heterocycles. The Morgan fingerprint density at radius 2 is 1.92 bits per heavy atom. The van der Waals surface area contributed by atoms with Gasteiger partial charge < -0.3 is 19.5 Å². The number of hydrogen-bond donors (Lipinski definition) is 1. The van der Waals surface area contributed by atoms with E-state index in [2.05, 4.69) is 4.90 Å². The largest absolute Gasteiger partial charge is 0.504 e. The van der Waals surface area contributed by atoms with Crippen LogP contribution in [0.5, 0.6) is 11.5 Å². The lowest BCUT2D eigenvalue weighted by atomic mass is 9.64. The van der Waals surface area contributed by atoms with E-state index >= 15 is 0 Å². The minimum Gasteiger partial charge on any atom is -0.504 e. The van der Waals surface area contributed by atoms with Crippen LogP contribution in [-0.2, 0) is 14.9 Å². The van der Waals surface area contributed by atoms with Crippen LogP contribution in [0.4, 0.5) is 0 Å². The summed E-state index contributed by atoms with van der Waals surface area (Å²) in [6.45, 7) is 0.781. The van der Waals surface area contributed by atoms with Crippen molar-refractivity contribution in [3.63, 3.8) is 0 Å². The minimum absolute atomic E-state index is 0.107. The number of aromatic hydroxyl groups is 1. The number of benzene rings is 1. The second-order valence-corrected chi connectivity index (χ2v) is 6.62. The van der Waals surface area contributed by atoms with E-state index in [1.165, 1.54) is 14.2 Å². The number of ketones is 1. The molecule has 0 fully saturated rings. The molecule has 25 heavy (non-hydrogen) atoms. The summed E-state index contributed by atoms with van der Waals surface area (Å²) in [6, 6.07) is 3.68. The molecule has 3 rings (SSSR count). The molecule has 0 spiro atoms. The molecular formula is C20H23NO4. The Labute approximate surface area is 147 Å². The molecular weight excluding hydrogens is 318 g/mol. The number of allylic oxidation sites excluding steroid dienone is 4. The van der Waals surface area contributed by atoms with Crippen LogP contribution in [0.1, 0.15) is 17.5 Å². The third-order valence-corrected chi connectivity index (χ3v) is 4.88. The predicted octanol–water partition coefficient (Wildman–Crippen LogP) is 2.66. The number of carbonyl (C=O) groups excluding carboxylic acids is 1.